The molecule has 0 saturated carbocycles. The lowest BCUT2D eigenvalue weighted by Crippen LogP contribution is -2.13. The quantitative estimate of drug-likeness (QED) is 0.810. The van der Waals surface area contributed by atoms with Crippen molar-refractivity contribution in [2.75, 3.05) is 7.11 Å². The van der Waals surface area contributed by atoms with Crippen LogP contribution in [0.25, 0.3) is 0 Å². The highest BCUT2D eigenvalue weighted by Gasteiger charge is 2.07. The minimum absolute atomic E-state index is 0.343. The summed E-state index contributed by atoms with van der Waals surface area (Å²) in [5.74, 6) is -0.343. The molecule has 1 aromatic carbocycles. The van der Waals surface area contributed by atoms with E-state index in [-0.39, 0.29) is 5.97 Å². The zero-order chi connectivity index (χ0) is 13.7. The Kier molecular flexibility index (Phi) is 4.36. The minimum Gasteiger partial charge on any atom is -0.464 e. The molecule has 0 saturated heterocycles. The van der Waals surface area contributed by atoms with Gasteiger partial charge in [-0.15, -0.1) is 0 Å². The van der Waals surface area contributed by atoms with Gasteiger partial charge in [0.2, 0.25) is 0 Å². The first-order chi connectivity index (χ1) is 9.19. The monoisotopic (exact) mass is 258 g/mol. The number of carbonyl (C=O) groups is 1. The smallest absolute Gasteiger partial charge is 0.354 e. The SMILES string of the molecule is COC(=O)c1ccc(CNCc2ccc(C)cc2)[nH]1. The number of nitrogens with one attached hydrogen (secondary N) is 2. The van der Waals surface area contributed by atoms with E-state index in [4.69, 9.17) is 0 Å². The van der Waals surface area contributed by atoms with Gasteiger partial charge in [-0.1, -0.05) is 29.8 Å². The number of esters is 1. The molecule has 4 heteroatoms. The van der Waals surface area contributed by atoms with Crippen LogP contribution in [0.4, 0.5) is 0 Å². The molecule has 0 fully saturated rings. The third kappa shape index (κ3) is 3.69. The lowest BCUT2D eigenvalue weighted by atomic mass is 10.1. The van der Waals surface area contributed by atoms with E-state index in [9.17, 15) is 4.79 Å². The summed E-state index contributed by atoms with van der Waals surface area (Å²) in [6, 6.07) is 12.0. The van der Waals surface area contributed by atoms with Gasteiger partial charge in [0.05, 0.1) is 7.11 Å². The number of H-pyrrole nitrogens is 1. The molecule has 0 aliphatic heterocycles. The van der Waals surface area contributed by atoms with Gasteiger partial charge in [0, 0.05) is 18.8 Å². The highest BCUT2D eigenvalue weighted by molar-refractivity contribution is 5.87. The molecule has 0 radical (unpaired) electrons. The van der Waals surface area contributed by atoms with Crippen LogP contribution in [0.15, 0.2) is 36.4 Å². The van der Waals surface area contributed by atoms with E-state index in [1.54, 1.807) is 6.07 Å². The summed E-state index contributed by atoms with van der Waals surface area (Å²) in [7, 11) is 1.37. The first-order valence-electron chi connectivity index (χ1n) is 6.21. The van der Waals surface area contributed by atoms with Crippen molar-refractivity contribution < 1.29 is 9.53 Å². The van der Waals surface area contributed by atoms with Crippen LogP contribution < -0.4 is 5.32 Å². The van der Waals surface area contributed by atoms with E-state index in [0.29, 0.717) is 12.2 Å². The predicted molar refractivity (Wildman–Crippen MR) is 73.9 cm³/mol. The Morgan fingerprint density at radius 3 is 2.58 bits per heavy atom. The maximum absolute atomic E-state index is 11.3. The second kappa shape index (κ2) is 6.20. The van der Waals surface area contributed by atoms with Crippen LogP contribution >= 0.6 is 0 Å². The van der Waals surface area contributed by atoms with Gasteiger partial charge in [-0.3, -0.25) is 0 Å². The molecule has 1 heterocycles. The lowest BCUT2D eigenvalue weighted by molar-refractivity contribution is 0.0594. The molecular weight excluding hydrogens is 240 g/mol. The van der Waals surface area contributed by atoms with Crippen molar-refractivity contribution in [1.82, 2.24) is 10.3 Å². The second-order valence-corrected chi connectivity index (χ2v) is 4.48. The highest BCUT2D eigenvalue weighted by atomic mass is 16.5. The van der Waals surface area contributed by atoms with Gasteiger partial charge >= 0.3 is 5.97 Å². The average molecular weight is 258 g/mol. The van der Waals surface area contributed by atoms with E-state index < -0.39 is 0 Å². The number of methoxy groups -OCH3 is 1. The van der Waals surface area contributed by atoms with Crippen molar-refractivity contribution >= 4 is 5.97 Å². The molecule has 100 valence electrons. The number of rotatable bonds is 5. The number of ether oxygens (including phenoxy) is 1. The molecule has 2 rings (SSSR count). The van der Waals surface area contributed by atoms with Crippen LogP contribution in [-0.2, 0) is 17.8 Å². The molecule has 0 spiro atoms. The van der Waals surface area contributed by atoms with Gasteiger partial charge in [0.1, 0.15) is 5.69 Å². The number of aryl methyl sites for hydroxylation is 1. The summed E-state index contributed by atoms with van der Waals surface area (Å²) in [6.07, 6.45) is 0. The molecule has 0 amide bonds. The average Bonchev–Trinajstić information content (AvgIpc) is 2.89. The maximum Gasteiger partial charge on any atom is 0.354 e. The van der Waals surface area contributed by atoms with Gasteiger partial charge in [0.25, 0.3) is 0 Å². The Balaban J connectivity index is 1.84. The Hall–Kier alpha value is -2.07. The van der Waals surface area contributed by atoms with Crippen molar-refractivity contribution in [2.45, 2.75) is 20.0 Å². The molecule has 0 aliphatic carbocycles. The van der Waals surface area contributed by atoms with Crippen molar-refractivity contribution in [1.29, 1.82) is 0 Å². The molecule has 4 nitrogen and oxygen atoms in total. The standard InChI is InChI=1S/C15H18N2O2/c1-11-3-5-12(6-4-11)9-16-10-13-7-8-14(17-13)15(18)19-2/h3-8,16-17H,9-10H2,1-2H3. The summed E-state index contributed by atoms with van der Waals surface area (Å²) in [6.45, 7) is 3.56. The second-order valence-electron chi connectivity index (χ2n) is 4.48. The highest BCUT2D eigenvalue weighted by Crippen LogP contribution is 2.05. The van der Waals surface area contributed by atoms with Crippen LogP contribution in [0, 0.1) is 6.92 Å². The first kappa shape index (κ1) is 13.4. The van der Waals surface area contributed by atoms with E-state index in [0.717, 1.165) is 12.2 Å². The summed E-state index contributed by atoms with van der Waals surface area (Å²) in [4.78, 5) is 14.3. The summed E-state index contributed by atoms with van der Waals surface area (Å²) in [5, 5.41) is 3.32. The molecule has 0 bridgehead atoms. The van der Waals surface area contributed by atoms with Crippen LogP contribution in [0.1, 0.15) is 27.3 Å². The zero-order valence-electron chi connectivity index (χ0n) is 11.2. The van der Waals surface area contributed by atoms with Crippen molar-refractivity contribution in [3.63, 3.8) is 0 Å². The van der Waals surface area contributed by atoms with Gasteiger partial charge in [-0.05, 0) is 24.6 Å². The normalized spacial score (nSPS) is 10.4. The Morgan fingerprint density at radius 2 is 1.89 bits per heavy atom. The van der Waals surface area contributed by atoms with Gasteiger partial charge in [0.15, 0.2) is 0 Å². The number of hydrogen-bond acceptors (Lipinski definition) is 3. The number of benzene rings is 1. The van der Waals surface area contributed by atoms with E-state index in [2.05, 4.69) is 46.2 Å². The topological polar surface area (TPSA) is 54.1 Å². The summed E-state index contributed by atoms with van der Waals surface area (Å²) >= 11 is 0. The number of aromatic nitrogens is 1. The van der Waals surface area contributed by atoms with Crippen LogP contribution in [0.5, 0.6) is 0 Å². The van der Waals surface area contributed by atoms with Gasteiger partial charge in [-0.2, -0.15) is 0 Å². The van der Waals surface area contributed by atoms with Crippen LogP contribution in [-0.4, -0.2) is 18.1 Å². The Morgan fingerprint density at radius 1 is 1.16 bits per heavy atom. The molecule has 0 unspecified atom stereocenters. The fourth-order valence-corrected chi connectivity index (χ4v) is 1.82. The molecule has 2 N–H and O–H groups in total. The molecule has 0 atom stereocenters. The summed E-state index contributed by atoms with van der Waals surface area (Å²) in [5.41, 5.74) is 3.95. The van der Waals surface area contributed by atoms with Crippen molar-refractivity contribution in [2.24, 2.45) is 0 Å². The van der Waals surface area contributed by atoms with Crippen LogP contribution in [0.2, 0.25) is 0 Å². The summed E-state index contributed by atoms with van der Waals surface area (Å²) < 4.78 is 4.64. The third-order valence-corrected chi connectivity index (χ3v) is 2.92. The molecule has 2 aromatic rings. The fraction of sp³-hybridized carbons (Fsp3) is 0.267. The molecule has 0 aliphatic rings. The van der Waals surface area contributed by atoms with Crippen LogP contribution in [0.3, 0.4) is 0 Å². The maximum atomic E-state index is 11.3. The number of aromatic amines is 1. The predicted octanol–water partition coefficient (Wildman–Crippen LogP) is 2.40. The van der Waals surface area contributed by atoms with Crippen molar-refractivity contribution in [3.8, 4) is 0 Å². The largest absolute Gasteiger partial charge is 0.464 e. The first-order valence-corrected chi connectivity index (χ1v) is 6.21. The number of carbonyl (C=O) groups excluding carboxylic acids is 1. The van der Waals surface area contributed by atoms with Gasteiger partial charge in [-0.25, -0.2) is 4.79 Å². The van der Waals surface area contributed by atoms with Gasteiger partial charge < -0.3 is 15.0 Å². The third-order valence-electron chi connectivity index (χ3n) is 2.92. The Bertz CT molecular complexity index is 544. The van der Waals surface area contributed by atoms with E-state index >= 15 is 0 Å². The minimum atomic E-state index is -0.343. The zero-order valence-corrected chi connectivity index (χ0v) is 11.2. The Labute approximate surface area is 112 Å². The van der Waals surface area contributed by atoms with E-state index in [1.165, 1.54) is 18.2 Å². The van der Waals surface area contributed by atoms with Crippen molar-refractivity contribution in [3.05, 3.63) is 58.9 Å². The molecule has 1 aromatic heterocycles. The number of hydrogen-bond donors (Lipinski definition) is 2. The lowest BCUT2D eigenvalue weighted by Gasteiger charge is -2.04. The fourth-order valence-electron chi connectivity index (χ4n) is 1.82. The molecular formula is C15H18N2O2. The van der Waals surface area contributed by atoms with E-state index in [1.807, 2.05) is 6.07 Å². The molecule has 19 heavy (non-hydrogen) atoms.